The highest BCUT2D eigenvalue weighted by molar-refractivity contribution is 5.90. The van der Waals surface area contributed by atoms with E-state index in [0.29, 0.717) is 12.8 Å². The number of carbonyl (C=O) groups excluding carboxylic acids is 1. The van der Waals surface area contributed by atoms with Crippen LogP contribution in [-0.2, 0) is 18.3 Å². The van der Waals surface area contributed by atoms with Gasteiger partial charge in [0.2, 0.25) is 5.91 Å². The van der Waals surface area contributed by atoms with E-state index in [1.54, 1.807) is 0 Å². The summed E-state index contributed by atoms with van der Waals surface area (Å²) in [5, 5.41) is 7.29. The second-order valence-electron chi connectivity index (χ2n) is 6.01. The largest absolute Gasteiger partial charge is 0.491 e. The van der Waals surface area contributed by atoms with Gasteiger partial charge in [0, 0.05) is 24.8 Å². The Balaban J connectivity index is 1.89. The van der Waals surface area contributed by atoms with E-state index in [1.807, 2.05) is 63.7 Å². The van der Waals surface area contributed by atoms with Gasteiger partial charge in [-0.25, -0.2) is 0 Å². The highest BCUT2D eigenvalue weighted by Crippen LogP contribution is 2.18. The molecule has 1 N–H and O–H groups in total. The minimum absolute atomic E-state index is 0.00480. The summed E-state index contributed by atoms with van der Waals surface area (Å²) in [6, 6.07) is 7.45. The molecule has 2 aromatic rings. The summed E-state index contributed by atoms with van der Waals surface area (Å²) in [6.07, 6.45) is 1.28. The molecule has 0 radical (unpaired) electrons. The van der Waals surface area contributed by atoms with E-state index in [4.69, 9.17) is 4.74 Å². The van der Waals surface area contributed by atoms with Crippen LogP contribution in [0.4, 0.5) is 5.69 Å². The Bertz CT molecular complexity index is 672. The predicted molar refractivity (Wildman–Crippen MR) is 91.8 cm³/mol. The average Bonchev–Trinajstić information content (AvgIpc) is 2.72. The van der Waals surface area contributed by atoms with E-state index in [-0.39, 0.29) is 12.0 Å². The van der Waals surface area contributed by atoms with Gasteiger partial charge in [-0.15, -0.1) is 0 Å². The van der Waals surface area contributed by atoms with E-state index in [2.05, 4.69) is 10.4 Å². The minimum Gasteiger partial charge on any atom is -0.491 e. The Kier molecular flexibility index (Phi) is 5.42. The SMILES string of the molecule is Cc1nn(C)c(C)c1CCC(=O)Nc1ccc(OC(C)C)cc1. The summed E-state index contributed by atoms with van der Waals surface area (Å²) < 4.78 is 7.44. The molecule has 0 atom stereocenters. The zero-order valence-electron chi connectivity index (χ0n) is 14.5. The summed E-state index contributed by atoms with van der Waals surface area (Å²) in [6.45, 7) is 7.98. The van der Waals surface area contributed by atoms with Crippen LogP contribution in [0.5, 0.6) is 5.75 Å². The number of amides is 1. The van der Waals surface area contributed by atoms with Gasteiger partial charge in [0.05, 0.1) is 11.8 Å². The Hall–Kier alpha value is -2.30. The molecule has 124 valence electrons. The summed E-state index contributed by atoms with van der Waals surface area (Å²) in [4.78, 5) is 12.1. The summed E-state index contributed by atoms with van der Waals surface area (Å²) in [5.74, 6) is 0.810. The van der Waals surface area contributed by atoms with E-state index in [9.17, 15) is 4.79 Å². The Morgan fingerprint density at radius 2 is 1.91 bits per heavy atom. The standard InChI is InChI=1S/C18H25N3O2/c1-12(2)23-16-8-6-15(7-9-16)19-18(22)11-10-17-13(3)20-21(5)14(17)4/h6-9,12H,10-11H2,1-5H3,(H,19,22). The zero-order chi connectivity index (χ0) is 17.0. The molecule has 0 saturated heterocycles. The van der Waals surface area contributed by atoms with E-state index in [0.717, 1.165) is 28.4 Å². The van der Waals surface area contributed by atoms with Crippen molar-refractivity contribution in [3.63, 3.8) is 0 Å². The van der Waals surface area contributed by atoms with Crippen LogP contribution in [0, 0.1) is 13.8 Å². The van der Waals surface area contributed by atoms with Crippen LogP contribution >= 0.6 is 0 Å². The van der Waals surface area contributed by atoms with Crippen LogP contribution in [0.15, 0.2) is 24.3 Å². The second-order valence-corrected chi connectivity index (χ2v) is 6.01. The molecule has 1 heterocycles. The van der Waals surface area contributed by atoms with E-state index < -0.39 is 0 Å². The van der Waals surface area contributed by atoms with Crippen molar-refractivity contribution in [2.24, 2.45) is 7.05 Å². The molecule has 0 spiro atoms. The topological polar surface area (TPSA) is 56.2 Å². The molecule has 0 aliphatic carbocycles. The molecule has 1 aromatic heterocycles. The summed E-state index contributed by atoms with van der Waals surface area (Å²) in [7, 11) is 1.92. The average molecular weight is 315 g/mol. The fourth-order valence-corrected chi connectivity index (χ4v) is 2.53. The number of aryl methyl sites for hydroxylation is 2. The maximum atomic E-state index is 12.1. The number of nitrogens with zero attached hydrogens (tertiary/aromatic N) is 2. The fourth-order valence-electron chi connectivity index (χ4n) is 2.53. The molecule has 1 aromatic carbocycles. The maximum absolute atomic E-state index is 12.1. The maximum Gasteiger partial charge on any atom is 0.224 e. The predicted octanol–water partition coefficient (Wildman–Crippen LogP) is 3.40. The highest BCUT2D eigenvalue weighted by atomic mass is 16.5. The first kappa shape index (κ1) is 17.1. The lowest BCUT2D eigenvalue weighted by molar-refractivity contribution is -0.116. The Labute approximate surface area is 137 Å². The van der Waals surface area contributed by atoms with Crippen LogP contribution in [-0.4, -0.2) is 21.8 Å². The summed E-state index contributed by atoms with van der Waals surface area (Å²) in [5.41, 5.74) is 4.05. The monoisotopic (exact) mass is 315 g/mol. The molecule has 0 bridgehead atoms. The van der Waals surface area contributed by atoms with E-state index >= 15 is 0 Å². The molecule has 0 fully saturated rings. The molecular weight excluding hydrogens is 290 g/mol. The smallest absolute Gasteiger partial charge is 0.224 e. The number of benzene rings is 1. The number of carbonyl (C=O) groups is 1. The highest BCUT2D eigenvalue weighted by Gasteiger charge is 2.11. The lowest BCUT2D eigenvalue weighted by Gasteiger charge is -2.10. The first-order valence-corrected chi connectivity index (χ1v) is 7.92. The number of nitrogens with one attached hydrogen (secondary N) is 1. The van der Waals surface area contributed by atoms with Crippen molar-refractivity contribution in [2.75, 3.05) is 5.32 Å². The quantitative estimate of drug-likeness (QED) is 0.889. The van der Waals surface area contributed by atoms with Gasteiger partial charge in [0.15, 0.2) is 0 Å². The van der Waals surface area contributed by atoms with Crippen LogP contribution < -0.4 is 10.1 Å². The summed E-state index contributed by atoms with van der Waals surface area (Å²) >= 11 is 0. The number of hydrogen-bond acceptors (Lipinski definition) is 3. The number of aromatic nitrogens is 2. The van der Waals surface area contributed by atoms with Crippen molar-refractivity contribution in [2.45, 2.75) is 46.6 Å². The van der Waals surface area contributed by atoms with Crippen molar-refractivity contribution in [3.05, 3.63) is 41.2 Å². The third-order valence-corrected chi connectivity index (χ3v) is 3.77. The number of ether oxygens (including phenoxy) is 1. The normalized spacial score (nSPS) is 10.9. The van der Waals surface area contributed by atoms with E-state index in [1.165, 1.54) is 0 Å². The molecule has 5 nitrogen and oxygen atoms in total. The Morgan fingerprint density at radius 1 is 1.26 bits per heavy atom. The molecule has 0 aliphatic heterocycles. The minimum atomic E-state index is 0.00480. The van der Waals surface area contributed by atoms with Gasteiger partial charge in [-0.05, 0) is 63.9 Å². The van der Waals surface area contributed by atoms with Gasteiger partial charge in [-0.2, -0.15) is 5.10 Å². The number of hydrogen-bond donors (Lipinski definition) is 1. The lowest BCUT2D eigenvalue weighted by atomic mass is 10.1. The van der Waals surface area contributed by atoms with Gasteiger partial charge in [-0.1, -0.05) is 0 Å². The van der Waals surface area contributed by atoms with Crippen LogP contribution in [0.1, 0.15) is 37.2 Å². The molecule has 0 saturated carbocycles. The lowest BCUT2D eigenvalue weighted by Crippen LogP contribution is -2.13. The third kappa shape index (κ3) is 4.58. The van der Waals surface area contributed by atoms with Gasteiger partial charge in [0.25, 0.3) is 0 Å². The first-order valence-electron chi connectivity index (χ1n) is 7.92. The van der Waals surface area contributed by atoms with Gasteiger partial charge < -0.3 is 10.1 Å². The molecule has 1 amide bonds. The van der Waals surface area contributed by atoms with Crippen LogP contribution in [0.2, 0.25) is 0 Å². The second kappa shape index (κ2) is 7.31. The number of rotatable bonds is 6. The fraction of sp³-hybridized carbons (Fsp3) is 0.444. The number of anilines is 1. The molecule has 5 heteroatoms. The van der Waals surface area contributed by atoms with Gasteiger partial charge in [-0.3, -0.25) is 9.48 Å². The van der Waals surface area contributed by atoms with Crippen LogP contribution in [0.3, 0.4) is 0 Å². The molecule has 23 heavy (non-hydrogen) atoms. The Morgan fingerprint density at radius 3 is 2.43 bits per heavy atom. The van der Waals surface area contributed by atoms with Crippen molar-refractivity contribution < 1.29 is 9.53 Å². The molecule has 0 unspecified atom stereocenters. The van der Waals surface area contributed by atoms with Gasteiger partial charge >= 0.3 is 0 Å². The molecule has 2 rings (SSSR count). The first-order chi connectivity index (χ1) is 10.9. The third-order valence-electron chi connectivity index (χ3n) is 3.77. The molecular formula is C18H25N3O2. The van der Waals surface area contributed by atoms with Crippen molar-refractivity contribution in [1.82, 2.24) is 9.78 Å². The van der Waals surface area contributed by atoms with Crippen molar-refractivity contribution in [1.29, 1.82) is 0 Å². The zero-order valence-corrected chi connectivity index (χ0v) is 14.5. The van der Waals surface area contributed by atoms with Crippen LogP contribution in [0.25, 0.3) is 0 Å². The molecule has 0 aliphatic rings. The van der Waals surface area contributed by atoms with Gasteiger partial charge in [0.1, 0.15) is 5.75 Å². The van der Waals surface area contributed by atoms with Crippen molar-refractivity contribution >= 4 is 11.6 Å². The van der Waals surface area contributed by atoms with Crippen molar-refractivity contribution in [3.8, 4) is 5.75 Å².